The quantitative estimate of drug-likeness (QED) is 0.697. The summed E-state index contributed by atoms with van der Waals surface area (Å²) in [4.78, 5) is 18.9. The van der Waals surface area contributed by atoms with Crippen LogP contribution in [0.2, 0.25) is 0 Å². The number of aromatic nitrogens is 1. The Bertz CT molecular complexity index is 1010. The Hall–Kier alpha value is -2.81. The summed E-state index contributed by atoms with van der Waals surface area (Å²) in [7, 11) is 1.60. The van der Waals surface area contributed by atoms with E-state index in [1.165, 1.54) is 12.1 Å². The molecule has 9 heteroatoms. The maximum absolute atomic E-state index is 12.6. The van der Waals surface area contributed by atoms with Gasteiger partial charge in [0.05, 0.1) is 28.8 Å². The second kappa shape index (κ2) is 6.97. The maximum atomic E-state index is 12.6. The highest BCUT2D eigenvalue weighted by Gasteiger charge is 2.35. The average molecular weight is 407 g/mol. The molecule has 1 N–H and O–H groups in total. The molecule has 1 aliphatic rings. The number of carbonyl (C=O) groups is 1. The van der Waals surface area contributed by atoms with Crippen LogP contribution in [-0.2, 0) is 11.0 Å². The summed E-state index contributed by atoms with van der Waals surface area (Å²) < 4.78 is 44.0. The van der Waals surface area contributed by atoms with Gasteiger partial charge in [-0.3, -0.25) is 4.79 Å². The van der Waals surface area contributed by atoms with Gasteiger partial charge in [0.15, 0.2) is 5.13 Å². The van der Waals surface area contributed by atoms with Crippen LogP contribution in [0.3, 0.4) is 0 Å². The zero-order valence-electron chi connectivity index (χ0n) is 14.8. The molecule has 2 aromatic carbocycles. The van der Waals surface area contributed by atoms with Crippen molar-refractivity contribution >= 4 is 38.3 Å². The summed E-state index contributed by atoms with van der Waals surface area (Å²) in [6.45, 7) is 1.03. The number of carbonyl (C=O) groups excluding carboxylic acids is 1. The largest absolute Gasteiger partial charge is 0.497 e. The SMILES string of the molecule is COc1ccc2sc(N3CC(C(=O)Nc4ccc(C(F)(F)F)cc4)C3)nc2c1. The van der Waals surface area contributed by atoms with Crippen LogP contribution in [0.25, 0.3) is 10.2 Å². The van der Waals surface area contributed by atoms with Crippen LogP contribution < -0.4 is 15.0 Å². The lowest BCUT2D eigenvalue weighted by molar-refractivity contribution is -0.137. The summed E-state index contributed by atoms with van der Waals surface area (Å²) in [5, 5.41) is 3.50. The molecular weight excluding hydrogens is 391 g/mol. The molecular formula is C19H16F3N3O2S. The highest BCUT2D eigenvalue weighted by atomic mass is 32.1. The number of hydrogen-bond acceptors (Lipinski definition) is 5. The van der Waals surface area contributed by atoms with Gasteiger partial charge >= 0.3 is 6.18 Å². The predicted molar refractivity (Wildman–Crippen MR) is 102 cm³/mol. The molecule has 0 spiro atoms. The number of benzene rings is 2. The normalized spacial score (nSPS) is 14.8. The third-order valence-electron chi connectivity index (χ3n) is 4.59. The van der Waals surface area contributed by atoms with Crippen LogP contribution in [0.1, 0.15) is 5.56 Å². The standard InChI is InChI=1S/C19H16F3N3O2S/c1-27-14-6-7-16-15(8-14)24-18(28-16)25-9-11(10-25)17(26)23-13-4-2-12(3-5-13)19(20,21)22/h2-8,11H,9-10H2,1H3,(H,23,26). The molecule has 3 aromatic rings. The highest BCUT2D eigenvalue weighted by molar-refractivity contribution is 7.22. The van der Waals surface area contributed by atoms with Crippen molar-refractivity contribution in [3.05, 3.63) is 48.0 Å². The number of halogens is 3. The van der Waals surface area contributed by atoms with Crippen LogP contribution in [0, 0.1) is 5.92 Å². The molecule has 0 atom stereocenters. The first-order valence-corrected chi connectivity index (χ1v) is 9.33. The summed E-state index contributed by atoms with van der Waals surface area (Å²) in [6, 6.07) is 10.1. The van der Waals surface area contributed by atoms with Crippen molar-refractivity contribution in [2.75, 3.05) is 30.4 Å². The molecule has 5 nitrogen and oxygen atoms in total. The number of anilines is 2. The number of alkyl halides is 3. The molecule has 0 unspecified atom stereocenters. The van der Waals surface area contributed by atoms with E-state index in [2.05, 4.69) is 10.3 Å². The molecule has 1 saturated heterocycles. The number of nitrogens with zero attached hydrogens (tertiary/aromatic N) is 2. The van der Waals surface area contributed by atoms with Crippen molar-refractivity contribution in [3.8, 4) is 5.75 Å². The maximum Gasteiger partial charge on any atom is 0.416 e. The van der Waals surface area contributed by atoms with Crippen molar-refractivity contribution in [2.45, 2.75) is 6.18 Å². The number of fused-ring (bicyclic) bond motifs is 1. The highest BCUT2D eigenvalue weighted by Crippen LogP contribution is 2.35. The molecule has 1 aliphatic heterocycles. The van der Waals surface area contributed by atoms with E-state index in [0.29, 0.717) is 18.8 Å². The molecule has 1 fully saturated rings. The predicted octanol–water partition coefficient (Wildman–Crippen LogP) is 4.40. The van der Waals surface area contributed by atoms with Gasteiger partial charge in [-0.05, 0) is 36.4 Å². The molecule has 1 amide bonds. The molecule has 2 heterocycles. The zero-order chi connectivity index (χ0) is 19.9. The van der Waals surface area contributed by atoms with Crippen LogP contribution in [0.5, 0.6) is 5.75 Å². The van der Waals surface area contributed by atoms with Gasteiger partial charge < -0.3 is 15.0 Å². The van der Waals surface area contributed by atoms with Crippen molar-refractivity contribution < 1.29 is 22.7 Å². The number of methoxy groups -OCH3 is 1. The molecule has 4 rings (SSSR count). The summed E-state index contributed by atoms with van der Waals surface area (Å²) in [5.41, 5.74) is 0.452. The van der Waals surface area contributed by atoms with E-state index in [1.54, 1.807) is 18.4 Å². The van der Waals surface area contributed by atoms with Crippen molar-refractivity contribution in [1.82, 2.24) is 4.98 Å². The first-order chi connectivity index (χ1) is 13.3. The number of hydrogen-bond donors (Lipinski definition) is 1. The van der Waals surface area contributed by atoms with E-state index >= 15 is 0 Å². The minimum absolute atomic E-state index is 0.209. The van der Waals surface area contributed by atoms with Gasteiger partial charge in [-0.1, -0.05) is 11.3 Å². The molecule has 28 heavy (non-hydrogen) atoms. The van der Waals surface area contributed by atoms with Crippen molar-refractivity contribution in [3.63, 3.8) is 0 Å². The number of ether oxygens (including phenoxy) is 1. The number of amides is 1. The van der Waals surface area contributed by atoms with Crippen LogP contribution in [0.15, 0.2) is 42.5 Å². The fourth-order valence-electron chi connectivity index (χ4n) is 2.94. The van der Waals surface area contributed by atoms with Gasteiger partial charge in [0.1, 0.15) is 5.75 Å². The molecule has 146 valence electrons. The van der Waals surface area contributed by atoms with Crippen LogP contribution in [-0.4, -0.2) is 31.1 Å². The second-order valence-corrected chi connectivity index (χ2v) is 7.51. The van der Waals surface area contributed by atoms with Gasteiger partial charge in [-0.15, -0.1) is 0 Å². The van der Waals surface area contributed by atoms with E-state index in [0.717, 1.165) is 33.2 Å². The van der Waals surface area contributed by atoms with Crippen LogP contribution >= 0.6 is 11.3 Å². The van der Waals surface area contributed by atoms with E-state index in [9.17, 15) is 18.0 Å². The van der Waals surface area contributed by atoms with Crippen molar-refractivity contribution in [2.24, 2.45) is 5.92 Å². The topological polar surface area (TPSA) is 54.5 Å². The van der Waals surface area contributed by atoms with E-state index in [-0.39, 0.29) is 11.8 Å². The zero-order valence-corrected chi connectivity index (χ0v) is 15.6. The van der Waals surface area contributed by atoms with Gasteiger partial charge in [0.2, 0.25) is 5.91 Å². The van der Waals surface area contributed by atoms with Gasteiger partial charge in [0, 0.05) is 24.8 Å². The Morgan fingerprint density at radius 3 is 2.57 bits per heavy atom. The third kappa shape index (κ3) is 3.62. The average Bonchev–Trinajstić information content (AvgIpc) is 3.02. The minimum Gasteiger partial charge on any atom is -0.497 e. The Kier molecular flexibility index (Phi) is 4.62. The van der Waals surface area contributed by atoms with E-state index in [1.807, 2.05) is 23.1 Å². The number of nitrogens with one attached hydrogen (secondary N) is 1. The summed E-state index contributed by atoms with van der Waals surface area (Å²) in [6.07, 6.45) is -4.39. The molecule has 0 bridgehead atoms. The lowest BCUT2D eigenvalue weighted by Gasteiger charge is -2.37. The second-order valence-electron chi connectivity index (χ2n) is 6.50. The summed E-state index contributed by atoms with van der Waals surface area (Å²) in [5.74, 6) is 0.296. The lowest BCUT2D eigenvalue weighted by atomic mass is 10.00. The minimum atomic E-state index is -4.39. The first kappa shape index (κ1) is 18.5. The lowest BCUT2D eigenvalue weighted by Crippen LogP contribution is -2.52. The van der Waals surface area contributed by atoms with Crippen molar-refractivity contribution in [1.29, 1.82) is 0 Å². The Morgan fingerprint density at radius 2 is 1.93 bits per heavy atom. The van der Waals surface area contributed by atoms with Gasteiger partial charge in [0.25, 0.3) is 0 Å². The number of thiazole rings is 1. The van der Waals surface area contributed by atoms with Crippen LogP contribution in [0.4, 0.5) is 24.0 Å². The first-order valence-electron chi connectivity index (χ1n) is 8.51. The van der Waals surface area contributed by atoms with Gasteiger partial charge in [-0.25, -0.2) is 4.98 Å². The molecule has 0 aliphatic carbocycles. The van der Waals surface area contributed by atoms with E-state index < -0.39 is 11.7 Å². The third-order valence-corrected chi connectivity index (χ3v) is 5.68. The Labute approximate surface area is 162 Å². The number of rotatable bonds is 4. The Morgan fingerprint density at radius 1 is 1.21 bits per heavy atom. The summed E-state index contributed by atoms with van der Waals surface area (Å²) >= 11 is 1.54. The fourth-order valence-corrected chi connectivity index (χ4v) is 3.91. The fraction of sp³-hybridized carbons (Fsp3) is 0.263. The molecule has 0 radical (unpaired) electrons. The van der Waals surface area contributed by atoms with E-state index in [4.69, 9.17) is 4.74 Å². The Balaban J connectivity index is 1.36. The monoisotopic (exact) mass is 407 g/mol. The molecule has 1 aromatic heterocycles. The van der Waals surface area contributed by atoms with Gasteiger partial charge in [-0.2, -0.15) is 13.2 Å². The smallest absolute Gasteiger partial charge is 0.416 e. The molecule has 0 saturated carbocycles.